The number of aryl methyl sites for hydroxylation is 1. The number of hydrogen-bond acceptors (Lipinski definition) is 4. The van der Waals surface area contributed by atoms with E-state index < -0.39 is 10.0 Å². The summed E-state index contributed by atoms with van der Waals surface area (Å²) < 4.78 is 27.7. The molecular weight excluding hydrogens is 358 g/mol. The molecule has 1 N–H and O–H groups in total. The summed E-state index contributed by atoms with van der Waals surface area (Å²) in [5, 5.41) is 3.91. The summed E-state index contributed by atoms with van der Waals surface area (Å²) >= 11 is 0. The number of rotatable bonds is 4. The zero-order valence-electron chi connectivity index (χ0n) is 15.0. The van der Waals surface area contributed by atoms with Crippen molar-refractivity contribution < 1.29 is 8.42 Å². The molecule has 6 heteroatoms. The van der Waals surface area contributed by atoms with Crippen LogP contribution >= 0.6 is 0 Å². The van der Waals surface area contributed by atoms with Gasteiger partial charge < -0.3 is 5.32 Å². The van der Waals surface area contributed by atoms with E-state index in [4.69, 9.17) is 0 Å². The molecule has 0 atom stereocenters. The monoisotopic (exact) mass is 377 g/mol. The second-order valence-corrected chi connectivity index (χ2v) is 8.08. The Hall–Kier alpha value is -3.12. The Morgan fingerprint density at radius 1 is 0.963 bits per heavy atom. The van der Waals surface area contributed by atoms with Crippen molar-refractivity contribution in [3.05, 3.63) is 78.6 Å². The fourth-order valence-corrected chi connectivity index (χ4v) is 4.79. The highest BCUT2D eigenvalue weighted by atomic mass is 32.2. The molecule has 4 rings (SSSR count). The van der Waals surface area contributed by atoms with E-state index in [2.05, 4.69) is 10.3 Å². The van der Waals surface area contributed by atoms with Gasteiger partial charge in [-0.1, -0.05) is 30.3 Å². The molecule has 0 saturated heterocycles. The van der Waals surface area contributed by atoms with Gasteiger partial charge in [0.1, 0.15) is 0 Å². The topological polar surface area (TPSA) is 64.0 Å². The van der Waals surface area contributed by atoms with Crippen LogP contribution in [0.1, 0.15) is 5.69 Å². The average molecular weight is 377 g/mol. The number of nitrogens with zero attached hydrogens (tertiary/aromatic N) is 2. The van der Waals surface area contributed by atoms with Crippen molar-refractivity contribution >= 4 is 26.7 Å². The second-order valence-electron chi connectivity index (χ2n) is 6.29. The fraction of sp³-hybridized carbons (Fsp3) is 0.0952. The maximum absolute atomic E-state index is 13.2. The van der Waals surface area contributed by atoms with Crippen molar-refractivity contribution in [2.75, 3.05) is 12.4 Å². The third kappa shape index (κ3) is 2.88. The molecule has 5 nitrogen and oxygen atoms in total. The van der Waals surface area contributed by atoms with Gasteiger partial charge in [0.15, 0.2) is 5.65 Å². The molecule has 0 saturated carbocycles. The minimum Gasteiger partial charge on any atom is -0.388 e. The van der Waals surface area contributed by atoms with E-state index in [0.717, 1.165) is 22.2 Å². The molecule has 0 fully saturated rings. The second kappa shape index (κ2) is 6.55. The molecule has 0 bridgehead atoms. The van der Waals surface area contributed by atoms with E-state index in [1.807, 2.05) is 43.4 Å². The Balaban J connectivity index is 1.94. The summed E-state index contributed by atoms with van der Waals surface area (Å²) in [5.41, 5.74) is 4.04. The van der Waals surface area contributed by atoms with Gasteiger partial charge in [0, 0.05) is 30.0 Å². The van der Waals surface area contributed by atoms with Crippen LogP contribution in [-0.4, -0.2) is 24.4 Å². The van der Waals surface area contributed by atoms with Crippen molar-refractivity contribution in [2.24, 2.45) is 0 Å². The van der Waals surface area contributed by atoms with Crippen LogP contribution in [0.4, 0.5) is 5.69 Å². The van der Waals surface area contributed by atoms with Gasteiger partial charge >= 0.3 is 0 Å². The fourth-order valence-electron chi connectivity index (χ4n) is 3.27. The van der Waals surface area contributed by atoms with Gasteiger partial charge in [0.25, 0.3) is 10.0 Å². The predicted octanol–water partition coefficient (Wildman–Crippen LogP) is 4.29. The van der Waals surface area contributed by atoms with Gasteiger partial charge in [0.05, 0.1) is 4.90 Å². The first-order chi connectivity index (χ1) is 13.0. The minimum atomic E-state index is -3.72. The number of hydrogen-bond donors (Lipinski definition) is 1. The lowest BCUT2D eigenvalue weighted by Gasteiger charge is -2.10. The Kier molecular flexibility index (Phi) is 4.20. The van der Waals surface area contributed by atoms with E-state index in [9.17, 15) is 8.42 Å². The van der Waals surface area contributed by atoms with Crippen molar-refractivity contribution in [2.45, 2.75) is 11.8 Å². The predicted molar refractivity (Wildman–Crippen MR) is 108 cm³/mol. The molecule has 0 aliphatic carbocycles. The van der Waals surface area contributed by atoms with Gasteiger partial charge in [-0.15, -0.1) is 0 Å². The SMILES string of the molecule is CNc1ccc(-c2ccnc3c2cc(C)n3S(=O)(=O)c2ccccc2)cc1. The van der Waals surface area contributed by atoms with Crippen LogP contribution in [0.3, 0.4) is 0 Å². The number of benzene rings is 2. The molecule has 136 valence electrons. The lowest BCUT2D eigenvalue weighted by atomic mass is 10.0. The summed E-state index contributed by atoms with van der Waals surface area (Å²) in [6.45, 7) is 1.79. The first kappa shape index (κ1) is 17.3. The number of nitrogens with one attached hydrogen (secondary N) is 1. The van der Waals surface area contributed by atoms with Crippen LogP contribution in [0.15, 0.2) is 77.8 Å². The molecule has 27 heavy (non-hydrogen) atoms. The molecular formula is C21H19N3O2S. The molecule has 0 aliphatic rings. The Morgan fingerprint density at radius 2 is 1.67 bits per heavy atom. The van der Waals surface area contributed by atoms with Crippen LogP contribution in [0.25, 0.3) is 22.2 Å². The number of pyridine rings is 1. The van der Waals surface area contributed by atoms with Gasteiger partial charge in [-0.3, -0.25) is 0 Å². The van der Waals surface area contributed by atoms with Crippen LogP contribution in [0.2, 0.25) is 0 Å². The van der Waals surface area contributed by atoms with Gasteiger partial charge in [0.2, 0.25) is 0 Å². The van der Waals surface area contributed by atoms with Crippen LogP contribution in [-0.2, 0) is 10.0 Å². The number of aromatic nitrogens is 2. The Labute approximate surface area is 158 Å². The van der Waals surface area contributed by atoms with Crippen LogP contribution in [0.5, 0.6) is 0 Å². The third-order valence-corrected chi connectivity index (χ3v) is 6.41. The minimum absolute atomic E-state index is 0.246. The summed E-state index contributed by atoms with van der Waals surface area (Å²) in [4.78, 5) is 4.63. The molecule has 4 aromatic rings. The zero-order valence-corrected chi connectivity index (χ0v) is 15.9. The van der Waals surface area contributed by atoms with Gasteiger partial charge in [-0.25, -0.2) is 17.4 Å². The molecule has 2 aromatic carbocycles. The van der Waals surface area contributed by atoms with E-state index in [-0.39, 0.29) is 4.90 Å². The molecule has 0 unspecified atom stereocenters. The van der Waals surface area contributed by atoms with Gasteiger partial charge in [-0.05, 0) is 54.4 Å². The zero-order chi connectivity index (χ0) is 19.0. The molecule has 0 radical (unpaired) electrons. The van der Waals surface area contributed by atoms with Crippen molar-refractivity contribution in [3.8, 4) is 11.1 Å². The molecule has 2 aromatic heterocycles. The lowest BCUT2D eigenvalue weighted by Crippen LogP contribution is -2.14. The van der Waals surface area contributed by atoms with E-state index in [1.165, 1.54) is 3.97 Å². The Morgan fingerprint density at radius 3 is 2.33 bits per heavy atom. The highest BCUT2D eigenvalue weighted by Gasteiger charge is 2.23. The molecule has 0 spiro atoms. The normalized spacial score (nSPS) is 11.6. The standard InChI is InChI=1S/C21H19N3O2S/c1-15-14-20-19(16-8-10-17(22-2)11-9-16)12-13-23-21(20)24(15)27(25,26)18-6-4-3-5-7-18/h3-14,22H,1-2H3. The molecule has 0 amide bonds. The van der Waals surface area contributed by atoms with Crippen molar-refractivity contribution in [3.63, 3.8) is 0 Å². The summed E-state index contributed by atoms with van der Waals surface area (Å²) in [7, 11) is -1.85. The largest absolute Gasteiger partial charge is 0.388 e. The van der Waals surface area contributed by atoms with E-state index in [1.54, 1.807) is 43.5 Å². The lowest BCUT2D eigenvalue weighted by molar-refractivity contribution is 0.587. The van der Waals surface area contributed by atoms with E-state index in [0.29, 0.717) is 11.3 Å². The maximum atomic E-state index is 13.2. The maximum Gasteiger partial charge on any atom is 0.269 e. The summed E-state index contributed by atoms with van der Waals surface area (Å²) in [5.74, 6) is 0. The average Bonchev–Trinajstić information content (AvgIpc) is 3.05. The van der Waals surface area contributed by atoms with Crippen molar-refractivity contribution in [1.82, 2.24) is 8.96 Å². The highest BCUT2D eigenvalue weighted by Crippen LogP contribution is 2.32. The van der Waals surface area contributed by atoms with Crippen LogP contribution < -0.4 is 5.32 Å². The van der Waals surface area contributed by atoms with Crippen LogP contribution in [0, 0.1) is 6.92 Å². The first-order valence-corrected chi connectivity index (χ1v) is 10.0. The van der Waals surface area contributed by atoms with Crippen molar-refractivity contribution in [1.29, 1.82) is 0 Å². The highest BCUT2D eigenvalue weighted by molar-refractivity contribution is 7.90. The summed E-state index contributed by atoms with van der Waals surface area (Å²) in [6.07, 6.45) is 1.65. The number of anilines is 1. The third-order valence-electron chi connectivity index (χ3n) is 4.60. The molecule has 0 aliphatic heterocycles. The van der Waals surface area contributed by atoms with E-state index >= 15 is 0 Å². The quantitative estimate of drug-likeness (QED) is 0.576. The summed E-state index contributed by atoms with van der Waals surface area (Å²) in [6, 6.07) is 20.2. The molecule has 2 heterocycles. The van der Waals surface area contributed by atoms with Gasteiger partial charge in [-0.2, -0.15) is 0 Å². The Bertz CT molecular complexity index is 1210. The first-order valence-electron chi connectivity index (χ1n) is 8.58. The smallest absolute Gasteiger partial charge is 0.269 e. The number of fused-ring (bicyclic) bond motifs is 1.